The largest absolute Gasteiger partial charge is 0.394 e. The van der Waals surface area contributed by atoms with Crippen LogP contribution in [0.2, 0.25) is 0 Å². The zero-order valence-corrected chi connectivity index (χ0v) is 8.21. The van der Waals surface area contributed by atoms with E-state index in [1.807, 2.05) is 6.92 Å². The molecule has 1 unspecified atom stereocenters. The third-order valence-corrected chi connectivity index (χ3v) is 2.56. The van der Waals surface area contributed by atoms with Crippen LogP contribution < -0.4 is 0 Å². The highest BCUT2D eigenvalue weighted by Gasteiger charge is 2.42. The molecular weight excluding hydrogens is 188 g/mol. The van der Waals surface area contributed by atoms with Gasteiger partial charge < -0.3 is 25.2 Å². The minimum Gasteiger partial charge on any atom is -0.394 e. The summed E-state index contributed by atoms with van der Waals surface area (Å²) in [5.74, 6) is 0. The second-order valence-corrected chi connectivity index (χ2v) is 3.66. The number of aliphatic hydroxyl groups excluding tert-OH is 4. The third kappa shape index (κ3) is 2.24. The molecule has 0 aromatic heterocycles. The lowest BCUT2D eigenvalue weighted by atomic mass is 9.93. The zero-order chi connectivity index (χ0) is 10.7. The summed E-state index contributed by atoms with van der Waals surface area (Å²) in [7, 11) is 0. The SMILES string of the molecule is CCCC1O[C@H](CO)[C@H](O)[C@H](O)[C@H]1O. The molecule has 5 heteroatoms. The van der Waals surface area contributed by atoms with Crippen LogP contribution in [-0.4, -0.2) is 57.6 Å². The first-order valence-electron chi connectivity index (χ1n) is 4.92. The monoisotopic (exact) mass is 206 g/mol. The number of rotatable bonds is 3. The summed E-state index contributed by atoms with van der Waals surface area (Å²) in [5, 5.41) is 37.3. The Balaban J connectivity index is 2.63. The van der Waals surface area contributed by atoms with Gasteiger partial charge >= 0.3 is 0 Å². The maximum Gasteiger partial charge on any atom is 0.111 e. The van der Waals surface area contributed by atoms with Gasteiger partial charge in [0.2, 0.25) is 0 Å². The first kappa shape index (κ1) is 11.9. The van der Waals surface area contributed by atoms with Crippen molar-refractivity contribution < 1.29 is 25.2 Å². The van der Waals surface area contributed by atoms with Gasteiger partial charge in [0.25, 0.3) is 0 Å². The van der Waals surface area contributed by atoms with Crippen LogP contribution in [0.1, 0.15) is 19.8 Å². The number of hydrogen-bond acceptors (Lipinski definition) is 5. The Bertz CT molecular complexity index is 171. The summed E-state index contributed by atoms with van der Waals surface area (Å²) < 4.78 is 5.26. The normalized spacial score (nSPS) is 43.9. The highest BCUT2D eigenvalue weighted by Crippen LogP contribution is 2.23. The zero-order valence-electron chi connectivity index (χ0n) is 8.21. The van der Waals surface area contributed by atoms with Gasteiger partial charge in [-0.15, -0.1) is 0 Å². The fourth-order valence-electron chi connectivity index (χ4n) is 1.70. The molecule has 0 aliphatic carbocycles. The molecule has 0 amide bonds. The standard InChI is InChI=1S/C9H18O5/c1-2-3-5-7(11)9(13)8(12)6(4-10)14-5/h5-13H,2-4H2,1H3/t5?,6-,7+,8+,9-/m1/s1. The molecule has 5 nitrogen and oxygen atoms in total. The predicted octanol–water partition coefficient (Wildman–Crippen LogP) is -1.37. The van der Waals surface area contributed by atoms with Gasteiger partial charge in [-0.25, -0.2) is 0 Å². The predicted molar refractivity (Wildman–Crippen MR) is 48.7 cm³/mol. The van der Waals surface area contributed by atoms with Crippen molar-refractivity contribution in [1.29, 1.82) is 0 Å². The lowest BCUT2D eigenvalue weighted by molar-refractivity contribution is -0.230. The minimum absolute atomic E-state index is 0.356. The van der Waals surface area contributed by atoms with E-state index in [0.717, 1.165) is 6.42 Å². The first-order chi connectivity index (χ1) is 6.61. The van der Waals surface area contributed by atoms with Crippen molar-refractivity contribution >= 4 is 0 Å². The van der Waals surface area contributed by atoms with E-state index in [1.54, 1.807) is 0 Å². The summed E-state index contributed by atoms with van der Waals surface area (Å²) in [6, 6.07) is 0. The van der Waals surface area contributed by atoms with Gasteiger partial charge in [0.1, 0.15) is 24.4 Å². The maximum atomic E-state index is 9.54. The number of aliphatic hydroxyl groups is 4. The summed E-state index contributed by atoms with van der Waals surface area (Å²) in [4.78, 5) is 0. The van der Waals surface area contributed by atoms with Crippen LogP contribution >= 0.6 is 0 Å². The molecule has 1 rings (SSSR count). The third-order valence-electron chi connectivity index (χ3n) is 2.56. The van der Waals surface area contributed by atoms with E-state index in [-0.39, 0.29) is 6.61 Å². The molecule has 0 saturated carbocycles. The Morgan fingerprint density at radius 3 is 2.07 bits per heavy atom. The molecule has 0 aromatic rings. The molecule has 0 aromatic carbocycles. The van der Waals surface area contributed by atoms with Crippen LogP contribution in [0.4, 0.5) is 0 Å². The first-order valence-corrected chi connectivity index (χ1v) is 4.92. The van der Waals surface area contributed by atoms with E-state index in [4.69, 9.17) is 9.84 Å². The Hall–Kier alpha value is -0.200. The Morgan fingerprint density at radius 1 is 1.00 bits per heavy atom. The van der Waals surface area contributed by atoms with Crippen molar-refractivity contribution in [3.63, 3.8) is 0 Å². The summed E-state index contributed by atoms with van der Waals surface area (Å²) in [6.07, 6.45) is -3.43. The van der Waals surface area contributed by atoms with Crippen LogP contribution in [-0.2, 0) is 4.74 Å². The molecule has 84 valence electrons. The van der Waals surface area contributed by atoms with Gasteiger partial charge in [-0.3, -0.25) is 0 Å². The topological polar surface area (TPSA) is 90.2 Å². The van der Waals surface area contributed by atoms with Crippen LogP contribution in [0.25, 0.3) is 0 Å². The summed E-state index contributed by atoms with van der Waals surface area (Å²) >= 11 is 0. The van der Waals surface area contributed by atoms with Crippen molar-refractivity contribution in [3.8, 4) is 0 Å². The average molecular weight is 206 g/mol. The van der Waals surface area contributed by atoms with E-state index >= 15 is 0 Å². The van der Waals surface area contributed by atoms with Crippen LogP contribution in [0, 0.1) is 0 Å². The van der Waals surface area contributed by atoms with Crippen molar-refractivity contribution in [2.75, 3.05) is 6.61 Å². The number of ether oxygens (including phenoxy) is 1. The molecule has 1 aliphatic rings. The minimum atomic E-state index is -1.24. The molecule has 14 heavy (non-hydrogen) atoms. The number of hydrogen-bond donors (Lipinski definition) is 4. The van der Waals surface area contributed by atoms with Gasteiger partial charge in [-0.05, 0) is 6.42 Å². The lowest BCUT2D eigenvalue weighted by Crippen LogP contribution is -2.58. The molecule has 0 bridgehead atoms. The van der Waals surface area contributed by atoms with Crippen LogP contribution in [0.15, 0.2) is 0 Å². The molecule has 1 aliphatic heterocycles. The average Bonchev–Trinajstić information content (AvgIpc) is 2.19. The lowest BCUT2D eigenvalue weighted by Gasteiger charge is -2.40. The van der Waals surface area contributed by atoms with E-state index in [2.05, 4.69) is 0 Å². The molecular formula is C9H18O5. The van der Waals surface area contributed by atoms with Crippen molar-refractivity contribution in [2.24, 2.45) is 0 Å². The van der Waals surface area contributed by atoms with E-state index in [1.165, 1.54) is 0 Å². The molecule has 1 fully saturated rings. The van der Waals surface area contributed by atoms with Crippen LogP contribution in [0.3, 0.4) is 0 Å². The highest BCUT2D eigenvalue weighted by molar-refractivity contribution is 4.91. The second-order valence-electron chi connectivity index (χ2n) is 3.66. The highest BCUT2D eigenvalue weighted by atomic mass is 16.5. The molecule has 0 radical (unpaired) electrons. The summed E-state index contributed by atoms with van der Waals surface area (Å²) in [5.41, 5.74) is 0. The maximum absolute atomic E-state index is 9.54. The fourth-order valence-corrected chi connectivity index (χ4v) is 1.70. The van der Waals surface area contributed by atoms with Crippen molar-refractivity contribution in [1.82, 2.24) is 0 Å². The molecule has 0 spiro atoms. The Morgan fingerprint density at radius 2 is 1.57 bits per heavy atom. The fraction of sp³-hybridized carbons (Fsp3) is 1.00. The smallest absolute Gasteiger partial charge is 0.111 e. The van der Waals surface area contributed by atoms with Crippen LogP contribution in [0.5, 0.6) is 0 Å². The van der Waals surface area contributed by atoms with E-state index in [0.29, 0.717) is 6.42 Å². The molecule has 4 N–H and O–H groups in total. The van der Waals surface area contributed by atoms with E-state index < -0.39 is 30.5 Å². The van der Waals surface area contributed by atoms with Gasteiger partial charge in [0.05, 0.1) is 12.7 Å². The summed E-state index contributed by atoms with van der Waals surface area (Å²) in [6.45, 7) is 1.58. The van der Waals surface area contributed by atoms with Gasteiger partial charge in [-0.2, -0.15) is 0 Å². The molecule has 1 saturated heterocycles. The molecule has 1 heterocycles. The van der Waals surface area contributed by atoms with Gasteiger partial charge in [0, 0.05) is 0 Å². The quantitative estimate of drug-likeness (QED) is 0.457. The van der Waals surface area contributed by atoms with Crippen molar-refractivity contribution in [2.45, 2.75) is 50.3 Å². The van der Waals surface area contributed by atoms with E-state index in [9.17, 15) is 15.3 Å². The Kier molecular flexibility index (Phi) is 4.28. The van der Waals surface area contributed by atoms with Gasteiger partial charge in [-0.1, -0.05) is 13.3 Å². The second kappa shape index (κ2) is 5.04. The Labute approximate surface area is 82.9 Å². The van der Waals surface area contributed by atoms with Crippen molar-refractivity contribution in [3.05, 3.63) is 0 Å². The molecule has 5 atom stereocenters. The van der Waals surface area contributed by atoms with Gasteiger partial charge in [0.15, 0.2) is 0 Å².